The molecular weight excluding hydrogens is 434 g/mol. The standard InChI is InChI=1S/C24H38F2N2O5/c1-5-32-21(22(29)30)17-19-9-11-20(12-10-19)33-16-15-28(23(31)27-18(2)3)14-8-6-7-13-24(4,25)26/h9-12,18,21H,5-8,13-17H2,1-4H3,(H,27,31)(H,29,30). The maximum Gasteiger partial charge on any atom is 0.333 e. The van der Waals surface area contributed by atoms with E-state index in [1.54, 1.807) is 36.1 Å². The van der Waals surface area contributed by atoms with Crippen molar-refractivity contribution in [3.8, 4) is 5.75 Å². The Morgan fingerprint density at radius 2 is 1.79 bits per heavy atom. The van der Waals surface area contributed by atoms with Crippen molar-refractivity contribution in [2.75, 3.05) is 26.3 Å². The Hall–Kier alpha value is -2.42. The van der Waals surface area contributed by atoms with Crippen LogP contribution in [0.15, 0.2) is 24.3 Å². The second-order valence-electron chi connectivity index (χ2n) is 8.45. The number of ether oxygens (including phenoxy) is 2. The Morgan fingerprint density at radius 1 is 1.12 bits per heavy atom. The number of hydrogen-bond donors (Lipinski definition) is 2. The molecule has 0 bridgehead atoms. The van der Waals surface area contributed by atoms with Gasteiger partial charge in [0, 0.05) is 32.0 Å². The molecule has 0 aromatic heterocycles. The largest absolute Gasteiger partial charge is 0.492 e. The summed E-state index contributed by atoms with van der Waals surface area (Å²) in [7, 11) is 0. The number of carboxylic acids is 1. The first kappa shape index (κ1) is 28.6. The topological polar surface area (TPSA) is 88.1 Å². The molecule has 0 heterocycles. The summed E-state index contributed by atoms with van der Waals surface area (Å²) in [6, 6.07) is 6.86. The number of carboxylic acid groups (broad SMARTS) is 1. The van der Waals surface area contributed by atoms with Gasteiger partial charge in [0.05, 0.1) is 6.54 Å². The lowest BCUT2D eigenvalue weighted by atomic mass is 10.1. The number of amides is 2. The van der Waals surface area contributed by atoms with Gasteiger partial charge in [-0.3, -0.25) is 0 Å². The summed E-state index contributed by atoms with van der Waals surface area (Å²) in [5.41, 5.74) is 0.818. The Bertz CT molecular complexity index is 708. The normalized spacial score (nSPS) is 12.5. The lowest BCUT2D eigenvalue weighted by Crippen LogP contribution is -2.45. The van der Waals surface area contributed by atoms with Crippen LogP contribution in [0.1, 0.15) is 58.9 Å². The number of carbonyl (C=O) groups excluding carboxylic acids is 1. The van der Waals surface area contributed by atoms with Gasteiger partial charge in [0.2, 0.25) is 5.92 Å². The summed E-state index contributed by atoms with van der Waals surface area (Å²) in [5.74, 6) is -3.05. The average Bonchev–Trinajstić information content (AvgIpc) is 2.71. The second kappa shape index (κ2) is 14.7. The van der Waals surface area contributed by atoms with Crippen molar-refractivity contribution in [2.45, 2.75) is 77.9 Å². The highest BCUT2D eigenvalue weighted by molar-refractivity contribution is 5.74. The number of hydrogen-bond acceptors (Lipinski definition) is 4. The fraction of sp³-hybridized carbons (Fsp3) is 0.667. The summed E-state index contributed by atoms with van der Waals surface area (Å²) < 4.78 is 36.9. The van der Waals surface area contributed by atoms with Crippen LogP contribution in [0.4, 0.5) is 13.6 Å². The highest BCUT2D eigenvalue weighted by atomic mass is 19.3. The third-order valence-corrected chi connectivity index (χ3v) is 4.86. The van der Waals surface area contributed by atoms with Crippen molar-refractivity contribution in [1.82, 2.24) is 10.2 Å². The minimum Gasteiger partial charge on any atom is -0.492 e. The van der Waals surface area contributed by atoms with E-state index in [0.717, 1.165) is 12.5 Å². The molecule has 0 saturated carbocycles. The fourth-order valence-electron chi connectivity index (χ4n) is 3.20. The Labute approximate surface area is 195 Å². The highest BCUT2D eigenvalue weighted by Crippen LogP contribution is 2.20. The van der Waals surface area contributed by atoms with Gasteiger partial charge in [-0.2, -0.15) is 0 Å². The van der Waals surface area contributed by atoms with E-state index in [1.807, 2.05) is 13.8 Å². The lowest BCUT2D eigenvalue weighted by Gasteiger charge is -2.24. The predicted octanol–water partition coefficient (Wildman–Crippen LogP) is 4.73. The first-order chi connectivity index (χ1) is 15.5. The summed E-state index contributed by atoms with van der Waals surface area (Å²) in [4.78, 5) is 25.3. The molecule has 0 radical (unpaired) electrons. The van der Waals surface area contributed by atoms with E-state index >= 15 is 0 Å². The SMILES string of the molecule is CCOC(Cc1ccc(OCCN(CCCCCC(C)(F)F)C(=O)NC(C)C)cc1)C(=O)O. The molecule has 33 heavy (non-hydrogen) atoms. The smallest absolute Gasteiger partial charge is 0.333 e. The molecule has 2 amide bonds. The van der Waals surface area contributed by atoms with Crippen LogP contribution in [-0.4, -0.2) is 66.4 Å². The van der Waals surface area contributed by atoms with Crippen LogP contribution < -0.4 is 10.1 Å². The number of alkyl halides is 2. The van der Waals surface area contributed by atoms with Crippen molar-refractivity contribution in [1.29, 1.82) is 0 Å². The van der Waals surface area contributed by atoms with E-state index in [4.69, 9.17) is 9.47 Å². The van der Waals surface area contributed by atoms with Crippen LogP contribution in [0.3, 0.4) is 0 Å². The molecule has 0 aliphatic carbocycles. The molecule has 7 nitrogen and oxygen atoms in total. The quantitative estimate of drug-likeness (QED) is 0.340. The number of nitrogens with zero attached hydrogens (tertiary/aromatic N) is 1. The van der Waals surface area contributed by atoms with E-state index in [-0.39, 0.29) is 31.5 Å². The van der Waals surface area contributed by atoms with Gasteiger partial charge in [0.1, 0.15) is 12.4 Å². The third kappa shape index (κ3) is 13.0. The number of benzene rings is 1. The first-order valence-corrected chi connectivity index (χ1v) is 11.5. The number of halogens is 2. The van der Waals surface area contributed by atoms with Crippen LogP contribution >= 0.6 is 0 Å². The first-order valence-electron chi connectivity index (χ1n) is 11.5. The van der Waals surface area contributed by atoms with Crippen molar-refractivity contribution in [2.24, 2.45) is 0 Å². The van der Waals surface area contributed by atoms with Crippen LogP contribution in [-0.2, 0) is 16.0 Å². The molecule has 0 spiro atoms. The van der Waals surface area contributed by atoms with Gasteiger partial charge in [-0.1, -0.05) is 18.6 Å². The predicted molar refractivity (Wildman–Crippen MR) is 123 cm³/mol. The second-order valence-corrected chi connectivity index (χ2v) is 8.45. The van der Waals surface area contributed by atoms with E-state index in [1.165, 1.54) is 0 Å². The summed E-state index contributed by atoms with van der Waals surface area (Å²) in [6.07, 6.45) is 0.895. The molecule has 2 N–H and O–H groups in total. The van der Waals surface area contributed by atoms with Crippen LogP contribution in [0.2, 0.25) is 0 Å². The summed E-state index contributed by atoms with van der Waals surface area (Å²) in [5, 5.41) is 12.0. The molecule has 1 aromatic carbocycles. The Balaban J connectivity index is 2.53. The maximum absolute atomic E-state index is 12.9. The molecule has 9 heteroatoms. The molecule has 0 aliphatic heterocycles. The molecule has 188 valence electrons. The summed E-state index contributed by atoms with van der Waals surface area (Å²) in [6.45, 7) is 7.83. The van der Waals surface area contributed by atoms with E-state index in [0.29, 0.717) is 44.7 Å². The zero-order valence-electron chi connectivity index (χ0n) is 20.1. The minimum atomic E-state index is -2.66. The van der Waals surface area contributed by atoms with Gasteiger partial charge in [-0.05, 0) is 58.2 Å². The molecule has 0 fully saturated rings. The van der Waals surface area contributed by atoms with Gasteiger partial charge < -0.3 is 24.8 Å². The van der Waals surface area contributed by atoms with Gasteiger partial charge in [-0.15, -0.1) is 0 Å². The van der Waals surface area contributed by atoms with E-state index < -0.39 is 18.0 Å². The number of carbonyl (C=O) groups is 2. The average molecular weight is 473 g/mol. The van der Waals surface area contributed by atoms with Crippen molar-refractivity contribution in [3.63, 3.8) is 0 Å². The van der Waals surface area contributed by atoms with E-state index in [2.05, 4.69) is 5.32 Å². The molecule has 1 aromatic rings. The van der Waals surface area contributed by atoms with Gasteiger partial charge >= 0.3 is 12.0 Å². The molecule has 1 unspecified atom stereocenters. The maximum atomic E-state index is 12.9. The number of rotatable bonds is 16. The van der Waals surface area contributed by atoms with E-state index in [9.17, 15) is 23.5 Å². The zero-order valence-corrected chi connectivity index (χ0v) is 20.1. The molecule has 0 aliphatic rings. The molecule has 1 rings (SSSR count). The lowest BCUT2D eigenvalue weighted by molar-refractivity contribution is -0.149. The number of aliphatic carboxylic acids is 1. The molecule has 1 atom stereocenters. The number of urea groups is 1. The van der Waals surface area contributed by atoms with Crippen molar-refractivity contribution >= 4 is 12.0 Å². The summed E-state index contributed by atoms with van der Waals surface area (Å²) >= 11 is 0. The van der Waals surface area contributed by atoms with Gasteiger partial charge in [0.25, 0.3) is 0 Å². The van der Waals surface area contributed by atoms with Crippen LogP contribution in [0.5, 0.6) is 5.75 Å². The Kier molecular flexibility index (Phi) is 12.7. The van der Waals surface area contributed by atoms with Gasteiger partial charge in [0.15, 0.2) is 6.10 Å². The molecule has 0 saturated heterocycles. The fourth-order valence-corrected chi connectivity index (χ4v) is 3.20. The van der Waals surface area contributed by atoms with Gasteiger partial charge in [-0.25, -0.2) is 18.4 Å². The minimum absolute atomic E-state index is 0.0152. The van der Waals surface area contributed by atoms with Crippen LogP contribution in [0.25, 0.3) is 0 Å². The van der Waals surface area contributed by atoms with Crippen molar-refractivity contribution in [3.05, 3.63) is 29.8 Å². The third-order valence-electron chi connectivity index (χ3n) is 4.86. The zero-order chi connectivity index (χ0) is 24.9. The highest BCUT2D eigenvalue weighted by Gasteiger charge is 2.20. The van der Waals surface area contributed by atoms with Crippen molar-refractivity contribution < 1.29 is 33.0 Å². The molecular formula is C24H38F2N2O5. The van der Waals surface area contributed by atoms with Crippen LogP contribution in [0, 0.1) is 0 Å². The monoisotopic (exact) mass is 472 g/mol. The Morgan fingerprint density at radius 3 is 2.33 bits per heavy atom. The number of nitrogens with one attached hydrogen (secondary N) is 1. The number of unbranched alkanes of at least 4 members (excludes halogenated alkanes) is 2.